The Kier molecular flexibility index (Phi) is 6.72. The highest BCUT2D eigenvalue weighted by Crippen LogP contribution is 2.38. The summed E-state index contributed by atoms with van der Waals surface area (Å²) in [5, 5.41) is 2.00. The Morgan fingerprint density at radius 3 is 1.16 bits per heavy atom. The van der Waals surface area contributed by atoms with E-state index in [1.54, 1.807) is 0 Å². The lowest BCUT2D eigenvalue weighted by Gasteiger charge is -2.23. The number of imidazole rings is 2. The average Bonchev–Trinajstić information content (AvgIpc) is 3.41. The Balaban J connectivity index is 1.58. The molecule has 0 aliphatic carbocycles. The highest BCUT2D eigenvalue weighted by Gasteiger charge is 2.28. The van der Waals surface area contributed by atoms with Gasteiger partial charge < -0.3 is 4.74 Å². The van der Waals surface area contributed by atoms with E-state index in [9.17, 15) is 0 Å². The van der Waals surface area contributed by atoms with E-state index in [2.05, 4.69) is 142 Å². The van der Waals surface area contributed by atoms with Gasteiger partial charge >= 0.3 is 0 Å². The van der Waals surface area contributed by atoms with Crippen LogP contribution in [0.25, 0.3) is 33.1 Å². The second kappa shape index (κ2) is 9.75. The highest BCUT2D eigenvalue weighted by molar-refractivity contribution is 5.94. The molecule has 6 heterocycles. The van der Waals surface area contributed by atoms with Crippen molar-refractivity contribution in [1.82, 2.24) is 28.7 Å². The summed E-state index contributed by atoms with van der Waals surface area (Å²) in [6.45, 7) is 30.7. The zero-order valence-corrected chi connectivity index (χ0v) is 29.6. The Hall–Kier alpha value is -4.00. The minimum atomic E-state index is -0.146. The van der Waals surface area contributed by atoms with Crippen LogP contribution in [0.2, 0.25) is 0 Å². The predicted octanol–water partition coefficient (Wildman–Crippen LogP) is 9.68. The molecule has 0 spiro atoms. The summed E-state index contributed by atoms with van der Waals surface area (Å²) in [5.41, 5.74) is 9.45. The average molecular weight is 605 g/mol. The van der Waals surface area contributed by atoms with Crippen LogP contribution in [-0.4, -0.2) is 28.7 Å². The number of rotatable bonds is 2. The van der Waals surface area contributed by atoms with Crippen molar-refractivity contribution >= 4 is 33.1 Å². The van der Waals surface area contributed by atoms with Gasteiger partial charge in [0.2, 0.25) is 11.8 Å². The number of fused-ring (bicyclic) bond motifs is 6. The zero-order chi connectivity index (χ0) is 33.0. The molecule has 6 rings (SSSR count). The quantitative estimate of drug-likeness (QED) is 0.197. The maximum absolute atomic E-state index is 6.69. The topological polar surface area (TPSA) is 69.6 Å². The van der Waals surface area contributed by atoms with Gasteiger partial charge in [-0.3, -0.25) is 18.8 Å². The van der Waals surface area contributed by atoms with Gasteiger partial charge in [-0.25, -0.2) is 0 Å². The predicted molar refractivity (Wildman–Crippen MR) is 185 cm³/mol. The van der Waals surface area contributed by atoms with Crippen molar-refractivity contribution in [3.63, 3.8) is 0 Å². The lowest BCUT2D eigenvalue weighted by atomic mass is 9.89. The normalized spacial score (nSPS) is 13.6. The molecule has 0 radical (unpaired) electrons. The second-order valence-electron chi connectivity index (χ2n) is 16.7. The van der Waals surface area contributed by atoms with E-state index in [0.29, 0.717) is 11.8 Å². The maximum atomic E-state index is 6.69. The molecule has 6 aromatic heterocycles. The summed E-state index contributed by atoms with van der Waals surface area (Å²) in [4.78, 5) is 20.5. The Morgan fingerprint density at radius 2 is 0.844 bits per heavy atom. The van der Waals surface area contributed by atoms with Crippen molar-refractivity contribution < 1.29 is 4.74 Å². The van der Waals surface area contributed by atoms with Crippen molar-refractivity contribution in [2.45, 2.75) is 119 Å². The Bertz CT molecular complexity index is 1980. The fourth-order valence-electron chi connectivity index (χ4n) is 6.07. The van der Waals surface area contributed by atoms with E-state index in [1.807, 2.05) is 0 Å². The van der Waals surface area contributed by atoms with E-state index < -0.39 is 0 Å². The number of ether oxygens (including phenoxy) is 1. The third-order valence-corrected chi connectivity index (χ3v) is 8.76. The second-order valence-corrected chi connectivity index (χ2v) is 16.7. The third-order valence-electron chi connectivity index (χ3n) is 8.76. The number of aromatic nitrogens is 6. The first-order valence-electron chi connectivity index (χ1n) is 16.0. The lowest BCUT2D eigenvalue weighted by Crippen LogP contribution is -2.18. The van der Waals surface area contributed by atoms with Crippen LogP contribution in [0.5, 0.6) is 11.8 Å². The van der Waals surface area contributed by atoms with Crippen molar-refractivity contribution in [2.75, 3.05) is 0 Å². The molecular formula is C38H48N6O. The summed E-state index contributed by atoms with van der Waals surface area (Å²) in [7, 11) is 0. The first kappa shape index (κ1) is 31.0. The van der Waals surface area contributed by atoms with E-state index >= 15 is 0 Å². The monoisotopic (exact) mass is 604 g/mol. The van der Waals surface area contributed by atoms with Crippen LogP contribution in [0.4, 0.5) is 0 Å². The molecule has 0 aliphatic heterocycles. The van der Waals surface area contributed by atoms with Gasteiger partial charge in [0, 0.05) is 55.2 Å². The summed E-state index contributed by atoms with van der Waals surface area (Å²) in [6, 6.07) is 13.0. The van der Waals surface area contributed by atoms with Gasteiger partial charge in [-0.15, -0.1) is 0 Å². The molecule has 0 saturated heterocycles. The van der Waals surface area contributed by atoms with Gasteiger partial charge in [-0.1, -0.05) is 83.1 Å². The Morgan fingerprint density at radius 1 is 0.489 bits per heavy atom. The standard InChI is InChI=1S/C38H48N6O/c1-21-33(41-31-23-15-17-27(35(3,4)5)39-25(23)19-29(43(21)31)37(9,10)11)45-34-22(2)44-30(38(12,13)14)20-26-24(32(44)42-34)16-18-28(40-26)36(6,7)8/h15-20H,1-14H3. The number of pyridine rings is 4. The van der Waals surface area contributed by atoms with Gasteiger partial charge in [-0.05, 0) is 50.2 Å². The molecule has 0 fully saturated rings. The highest BCUT2D eigenvalue weighted by atomic mass is 16.5. The van der Waals surface area contributed by atoms with E-state index in [4.69, 9.17) is 24.7 Å². The fourth-order valence-corrected chi connectivity index (χ4v) is 6.07. The summed E-state index contributed by atoms with van der Waals surface area (Å²) in [6.07, 6.45) is 0. The first-order valence-corrected chi connectivity index (χ1v) is 16.0. The zero-order valence-electron chi connectivity index (χ0n) is 29.6. The molecular weight excluding hydrogens is 556 g/mol. The van der Waals surface area contributed by atoms with Crippen molar-refractivity contribution in [3.8, 4) is 11.8 Å². The van der Waals surface area contributed by atoms with Crippen LogP contribution >= 0.6 is 0 Å². The molecule has 0 saturated carbocycles. The smallest absolute Gasteiger partial charge is 0.243 e. The first-order chi connectivity index (χ1) is 20.7. The van der Waals surface area contributed by atoms with Crippen molar-refractivity contribution in [1.29, 1.82) is 0 Å². The molecule has 0 unspecified atom stereocenters. The molecule has 236 valence electrons. The molecule has 0 amide bonds. The van der Waals surface area contributed by atoms with Crippen LogP contribution in [-0.2, 0) is 21.7 Å². The maximum Gasteiger partial charge on any atom is 0.243 e. The molecule has 0 aromatic carbocycles. The third kappa shape index (κ3) is 5.14. The van der Waals surface area contributed by atoms with Gasteiger partial charge in [0.25, 0.3) is 0 Å². The number of hydrogen-bond donors (Lipinski definition) is 0. The van der Waals surface area contributed by atoms with Crippen LogP contribution in [0.3, 0.4) is 0 Å². The van der Waals surface area contributed by atoms with Crippen molar-refractivity contribution in [3.05, 3.63) is 70.6 Å². The molecule has 7 heteroatoms. The van der Waals surface area contributed by atoms with E-state index in [0.717, 1.165) is 67.3 Å². The minimum absolute atomic E-state index is 0.0532. The molecule has 0 N–H and O–H groups in total. The SMILES string of the molecule is Cc1c(Oc2nc3c4ccc(C(C)(C)C)nc4cc(C(C)(C)C)n3c2C)nc2c3ccc(C(C)(C)C)nc3cc(C(C)(C)C)n12. The van der Waals surface area contributed by atoms with Gasteiger partial charge in [0.1, 0.15) is 0 Å². The largest absolute Gasteiger partial charge is 0.417 e. The van der Waals surface area contributed by atoms with Gasteiger partial charge in [0.05, 0.1) is 22.4 Å². The van der Waals surface area contributed by atoms with E-state index in [1.165, 1.54) is 0 Å². The van der Waals surface area contributed by atoms with Gasteiger partial charge in [0.15, 0.2) is 11.3 Å². The Labute approximate surface area is 267 Å². The molecule has 45 heavy (non-hydrogen) atoms. The molecule has 6 aromatic rings. The molecule has 0 aliphatic rings. The number of aryl methyl sites for hydroxylation is 2. The van der Waals surface area contributed by atoms with Crippen LogP contribution in [0.15, 0.2) is 36.4 Å². The number of hydrogen-bond acceptors (Lipinski definition) is 5. The summed E-state index contributed by atoms with van der Waals surface area (Å²) >= 11 is 0. The fraction of sp³-hybridized carbons (Fsp3) is 0.474. The van der Waals surface area contributed by atoms with Crippen LogP contribution in [0.1, 0.15) is 117 Å². The molecule has 7 nitrogen and oxygen atoms in total. The van der Waals surface area contributed by atoms with E-state index in [-0.39, 0.29) is 21.7 Å². The minimum Gasteiger partial charge on any atom is -0.417 e. The number of nitrogens with zero attached hydrogens (tertiary/aromatic N) is 6. The summed E-state index contributed by atoms with van der Waals surface area (Å²) in [5.74, 6) is 1.10. The van der Waals surface area contributed by atoms with Crippen molar-refractivity contribution in [2.24, 2.45) is 0 Å². The summed E-state index contributed by atoms with van der Waals surface area (Å²) < 4.78 is 11.2. The lowest BCUT2D eigenvalue weighted by molar-refractivity contribution is 0.442. The van der Waals surface area contributed by atoms with Crippen LogP contribution in [0, 0.1) is 13.8 Å². The molecule has 0 atom stereocenters. The molecule has 0 bridgehead atoms. The van der Waals surface area contributed by atoms with Gasteiger partial charge in [-0.2, -0.15) is 9.97 Å². The van der Waals surface area contributed by atoms with Crippen LogP contribution < -0.4 is 4.74 Å².